The molecule has 1 unspecified atom stereocenters. The molecule has 0 aliphatic carbocycles. The van der Waals surface area contributed by atoms with Crippen molar-refractivity contribution in [1.82, 2.24) is 10.3 Å². The number of carbonyl (C=O) groups excluding carboxylic acids is 1. The number of nitrogens with one attached hydrogen (secondary N) is 1. The zero-order valence-electron chi connectivity index (χ0n) is 12.4. The first kappa shape index (κ1) is 16.0. The highest BCUT2D eigenvalue weighted by Gasteiger charge is 2.27. The average molecular weight is 305 g/mol. The lowest BCUT2D eigenvalue weighted by Gasteiger charge is -2.29. The van der Waals surface area contributed by atoms with Crippen LogP contribution in [0.5, 0.6) is 0 Å². The monoisotopic (exact) mass is 305 g/mol. The molecule has 1 aromatic carbocycles. The van der Waals surface area contributed by atoms with Crippen LogP contribution < -0.4 is 5.32 Å². The Hall–Kier alpha value is -2.41. The van der Waals surface area contributed by atoms with Crippen molar-refractivity contribution in [2.24, 2.45) is 0 Å². The molecule has 1 aliphatic heterocycles. The van der Waals surface area contributed by atoms with E-state index in [1.807, 2.05) is 24.3 Å². The molecule has 0 aromatic heterocycles. The van der Waals surface area contributed by atoms with E-state index in [0.717, 1.165) is 11.1 Å². The number of ether oxygens (including phenoxy) is 1. The van der Waals surface area contributed by atoms with Crippen LogP contribution in [0.2, 0.25) is 0 Å². The first-order chi connectivity index (χ1) is 10.6. The van der Waals surface area contributed by atoms with Gasteiger partial charge in [0.15, 0.2) is 5.03 Å². The van der Waals surface area contributed by atoms with Crippen LogP contribution in [-0.4, -0.2) is 42.3 Å². The van der Waals surface area contributed by atoms with Crippen molar-refractivity contribution in [2.75, 3.05) is 26.2 Å². The molecule has 1 atom stereocenters. The van der Waals surface area contributed by atoms with Crippen LogP contribution in [0.15, 0.2) is 30.3 Å². The van der Waals surface area contributed by atoms with E-state index in [9.17, 15) is 14.9 Å². The molecule has 0 bridgehead atoms. The summed E-state index contributed by atoms with van der Waals surface area (Å²) in [6.07, 6.45) is 3.05. The quantitative estimate of drug-likeness (QED) is 0.383. The second kappa shape index (κ2) is 7.56. The van der Waals surface area contributed by atoms with Crippen LogP contribution in [0, 0.1) is 10.1 Å². The van der Waals surface area contributed by atoms with Gasteiger partial charge in [0.25, 0.3) is 0 Å². The van der Waals surface area contributed by atoms with Crippen LogP contribution in [0.3, 0.4) is 0 Å². The summed E-state index contributed by atoms with van der Waals surface area (Å²) in [5.41, 5.74) is 1.77. The summed E-state index contributed by atoms with van der Waals surface area (Å²) in [4.78, 5) is 22.4. The van der Waals surface area contributed by atoms with Gasteiger partial charge in [0, 0.05) is 12.6 Å². The number of hydrogen-bond acceptors (Lipinski definition) is 5. The molecule has 0 saturated carbocycles. The highest BCUT2D eigenvalue weighted by molar-refractivity contribution is 5.87. The number of nitro groups is 1. The van der Waals surface area contributed by atoms with E-state index in [-0.39, 0.29) is 17.6 Å². The summed E-state index contributed by atoms with van der Waals surface area (Å²) in [7, 11) is 0. The zero-order chi connectivity index (χ0) is 15.9. The maximum atomic E-state index is 11.4. The largest absolute Gasteiger partial charge is 0.463 e. The number of hydrazine groups is 1. The Morgan fingerprint density at radius 2 is 2.32 bits per heavy atom. The van der Waals surface area contributed by atoms with Gasteiger partial charge in [-0.3, -0.25) is 0 Å². The van der Waals surface area contributed by atoms with Gasteiger partial charge in [0.1, 0.15) is 0 Å². The molecule has 1 aliphatic rings. The Morgan fingerprint density at radius 3 is 3.05 bits per heavy atom. The van der Waals surface area contributed by atoms with Gasteiger partial charge in [-0.1, -0.05) is 24.3 Å². The first-order valence-corrected chi connectivity index (χ1v) is 7.18. The summed E-state index contributed by atoms with van der Waals surface area (Å²) in [5, 5.41) is 15.0. The predicted molar refractivity (Wildman–Crippen MR) is 81.4 cm³/mol. The van der Waals surface area contributed by atoms with Crippen molar-refractivity contribution < 1.29 is 14.6 Å². The molecule has 0 radical (unpaired) electrons. The molecule has 2 rings (SSSR count). The van der Waals surface area contributed by atoms with Crippen molar-refractivity contribution in [2.45, 2.75) is 13.0 Å². The molecule has 0 amide bonds. The number of esters is 1. The molecule has 7 heteroatoms. The molecule has 1 fully saturated rings. The number of benzene rings is 1. The van der Waals surface area contributed by atoms with Crippen molar-refractivity contribution >= 4 is 12.0 Å². The van der Waals surface area contributed by atoms with Crippen LogP contribution in [-0.2, 0) is 9.53 Å². The van der Waals surface area contributed by atoms with Crippen molar-refractivity contribution in [1.29, 1.82) is 0 Å². The molecule has 22 heavy (non-hydrogen) atoms. The van der Waals surface area contributed by atoms with Crippen LogP contribution >= 0.6 is 0 Å². The summed E-state index contributed by atoms with van der Waals surface area (Å²) >= 11 is 0. The molecule has 0 spiro atoms. The van der Waals surface area contributed by atoms with E-state index in [1.165, 1.54) is 11.1 Å². The smallest absolute Gasteiger partial charge is 0.330 e. The van der Waals surface area contributed by atoms with Crippen LogP contribution in [0.1, 0.15) is 24.1 Å². The fourth-order valence-electron chi connectivity index (χ4n) is 2.42. The van der Waals surface area contributed by atoms with Crippen molar-refractivity contribution in [3.63, 3.8) is 0 Å². The van der Waals surface area contributed by atoms with Gasteiger partial charge >= 0.3 is 5.97 Å². The van der Waals surface area contributed by atoms with E-state index in [0.29, 0.717) is 19.7 Å². The summed E-state index contributed by atoms with van der Waals surface area (Å²) in [6.45, 7) is 3.29. The minimum Gasteiger partial charge on any atom is -0.463 e. The van der Waals surface area contributed by atoms with E-state index >= 15 is 0 Å². The molecular formula is C15H19N3O4. The molecule has 1 N–H and O–H groups in total. The Kier molecular flexibility index (Phi) is 5.48. The third kappa shape index (κ3) is 4.05. The topological polar surface area (TPSA) is 84.7 Å². The first-order valence-electron chi connectivity index (χ1n) is 7.18. The SMILES string of the molecule is CCOC(=O)/C=C/c1ccccc1C1CN([N+](=O)[O-])CCN1. The second-order valence-corrected chi connectivity index (χ2v) is 4.87. The lowest BCUT2D eigenvalue weighted by molar-refractivity contribution is -0.657. The van der Waals surface area contributed by atoms with Crippen molar-refractivity contribution in [3.05, 3.63) is 51.6 Å². The minimum absolute atomic E-state index is 0.151. The summed E-state index contributed by atoms with van der Waals surface area (Å²) in [6, 6.07) is 7.37. The Labute approximate surface area is 128 Å². The zero-order valence-corrected chi connectivity index (χ0v) is 12.4. The van der Waals surface area contributed by atoms with E-state index in [1.54, 1.807) is 13.0 Å². The average Bonchev–Trinajstić information content (AvgIpc) is 2.53. The van der Waals surface area contributed by atoms with Crippen molar-refractivity contribution in [3.8, 4) is 0 Å². The van der Waals surface area contributed by atoms with Gasteiger partial charge in [-0.05, 0) is 24.1 Å². The van der Waals surface area contributed by atoms with Gasteiger partial charge in [0.2, 0.25) is 0 Å². The fourth-order valence-corrected chi connectivity index (χ4v) is 2.42. The Balaban J connectivity index is 2.17. The number of hydrogen-bond donors (Lipinski definition) is 1. The number of nitrogens with zero attached hydrogens (tertiary/aromatic N) is 2. The lowest BCUT2D eigenvalue weighted by Crippen LogP contribution is -2.48. The van der Waals surface area contributed by atoms with Gasteiger partial charge in [-0.25, -0.2) is 14.9 Å². The van der Waals surface area contributed by atoms with E-state index < -0.39 is 5.97 Å². The molecule has 1 aromatic rings. The van der Waals surface area contributed by atoms with Crippen LogP contribution in [0.25, 0.3) is 6.08 Å². The van der Waals surface area contributed by atoms with Gasteiger partial charge in [0.05, 0.1) is 25.7 Å². The Morgan fingerprint density at radius 1 is 1.55 bits per heavy atom. The Bertz CT molecular complexity index is 574. The summed E-state index contributed by atoms with van der Waals surface area (Å²) in [5.74, 6) is -0.402. The second-order valence-electron chi connectivity index (χ2n) is 4.87. The van der Waals surface area contributed by atoms with Gasteiger partial charge < -0.3 is 10.1 Å². The van der Waals surface area contributed by atoms with Gasteiger partial charge in [-0.2, -0.15) is 0 Å². The number of rotatable bonds is 5. The molecule has 7 nitrogen and oxygen atoms in total. The lowest BCUT2D eigenvalue weighted by atomic mass is 9.98. The fraction of sp³-hybridized carbons (Fsp3) is 0.400. The van der Waals surface area contributed by atoms with E-state index in [2.05, 4.69) is 5.32 Å². The normalized spacial score (nSPS) is 18.4. The van der Waals surface area contributed by atoms with Crippen LogP contribution in [0.4, 0.5) is 0 Å². The number of carbonyl (C=O) groups is 1. The molecular weight excluding hydrogens is 286 g/mol. The maximum Gasteiger partial charge on any atom is 0.330 e. The van der Waals surface area contributed by atoms with Gasteiger partial charge in [-0.15, -0.1) is 5.01 Å². The van der Waals surface area contributed by atoms with E-state index in [4.69, 9.17) is 4.74 Å². The standard InChI is InChI=1S/C15H19N3O4/c1-2-22-15(19)8-7-12-5-3-4-6-13(12)14-11-17(18(20)21)10-9-16-14/h3-8,14,16H,2,9-11H2,1H3/b8-7+. The summed E-state index contributed by atoms with van der Waals surface area (Å²) < 4.78 is 4.86. The molecule has 1 heterocycles. The highest BCUT2D eigenvalue weighted by atomic mass is 16.7. The third-order valence-corrected chi connectivity index (χ3v) is 3.44. The highest BCUT2D eigenvalue weighted by Crippen LogP contribution is 2.22. The minimum atomic E-state index is -0.402. The predicted octanol–water partition coefficient (Wildman–Crippen LogP) is 1.40. The third-order valence-electron chi connectivity index (χ3n) is 3.44. The molecule has 1 saturated heterocycles. The maximum absolute atomic E-state index is 11.4. The molecule has 118 valence electrons. The number of piperazine rings is 1.